The van der Waals surface area contributed by atoms with E-state index in [4.69, 9.17) is 9.52 Å². The van der Waals surface area contributed by atoms with Crippen LogP contribution in [0.5, 0.6) is 5.75 Å². The maximum absolute atomic E-state index is 13.5. The van der Waals surface area contributed by atoms with Crippen molar-refractivity contribution in [1.82, 2.24) is 9.55 Å². The summed E-state index contributed by atoms with van der Waals surface area (Å²) in [5, 5.41) is 0.669. The zero-order chi connectivity index (χ0) is 21.7. The highest BCUT2D eigenvalue weighted by molar-refractivity contribution is 7.91. The Morgan fingerprint density at radius 3 is 2.60 bits per heavy atom. The van der Waals surface area contributed by atoms with Crippen molar-refractivity contribution in [1.29, 1.82) is 4.78 Å². The van der Waals surface area contributed by atoms with Crippen LogP contribution in [0.1, 0.15) is 25.7 Å². The molecule has 9 heteroatoms. The molecule has 0 amide bonds. The van der Waals surface area contributed by atoms with Crippen molar-refractivity contribution in [2.75, 3.05) is 6.26 Å². The number of aryl methyl sites for hydroxylation is 1. The Hall–Kier alpha value is -2.68. The first-order valence-corrected chi connectivity index (χ1v) is 11.6. The van der Waals surface area contributed by atoms with Crippen LogP contribution in [-0.4, -0.2) is 32.0 Å². The lowest BCUT2D eigenvalue weighted by atomic mass is 9.94. The highest BCUT2D eigenvalue weighted by Crippen LogP contribution is 2.39. The van der Waals surface area contributed by atoms with Gasteiger partial charge in [0.2, 0.25) is 5.92 Å². The summed E-state index contributed by atoms with van der Waals surface area (Å²) in [5.74, 6) is -2.20. The molecule has 2 heterocycles. The van der Waals surface area contributed by atoms with Gasteiger partial charge in [-0.2, -0.15) is 0 Å². The van der Waals surface area contributed by atoms with Crippen LogP contribution in [0.4, 0.5) is 8.78 Å². The molecule has 0 radical (unpaired) electrons. The normalized spacial score (nSPS) is 18.9. The van der Waals surface area contributed by atoms with Crippen LogP contribution in [0.25, 0.3) is 22.0 Å². The summed E-state index contributed by atoms with van der Waals surface area (Å²) in [6.45, 7) is 0. The number of hydrogen-bond acceptors (Lipinski definition) is 4. The fraction of sp³-hybridized carbons (Fsp3) is 0.381. The molecule has 30 heavy (non-hydrogen) atoms. The second-order valence-corrected chi connectivity index (χ2v) is 10.1. The van der Waals surface area contributed by atoms with Crippen LogP contribution < -0.4 is 10.3 Å². The van der Waals surface area contributed by atoms with Crippen molar-refractivity contribution < 1.29 is 17.7 Å². The number of nitrogens with zero attached hydrogens (tertiary/aromatic N) is 1. The molecule has 0 bridgehead atoms. The summed E-state index contributed by atoms with van der Waals surface area (Å²) < 4.78 is 54.9. The average Bonchev–Trinajstić information content (AvgIpc) is 3.16. The summed E-state index contributed by atoms with van der Waals surface area (Å²) in [7, 11) is -1.36. The Kier molecular flexibility index (Phi) is 4.96. The summed E-state index contributed by atoms with van der Waals surface area (Å²) in [6.07, 6.45) is 4.35. The molecule has 2 N–H and O–H groups in total. The molecule has 4 rings (SSSR count). The van der Waals surface area contributed by atoms with Gasteiger partial charge in [0.05, 0.1) is 15.8 Å². The van der Waals surface area contributed by atoms with E-state index in [0.29, 0.717) is 32.7 Å². The monoisotopic (exact) mass is 435 g/mol. The third kappa shape index (κ3) is 3.86. The Labute approximate surface area is 172 Å². The van der Waals surface area contributed by atoms with E-state index in [9.17, 15) is 17.8 Å². The Morgan fingerprint density at radius 1 is 1.23 bits per heavy atom. The lowest BCUT2D eigenvalue weighted by Gasteiger charge is -2.29. The molecule has 6 nitrogen and oxygen atoms in total. The number of fused-ring (bicyclic) bond motifs is 1. The number of hydrogen-bond donors (Lipinski definition) is 2. The Balaban J connectivity index is 1.84. The fourth-order valence-corrected chi connectivity index (χ4v) is 4.53. The Bertz CT molecular complexity index is 1270. The van der Waals surface area contributed by atoms with E-state index in [2.05, 4.69) is 4.98 Å². The predicted octanol–water partition coefficient (Wildman–Crippen LogP) is 4.53. The van der Waals surface area contributed by atoms with Crippen LogP contribution in [0, 0.1) is 4.78 Å². The van der Waals surface area contributed by atoms with Crippen LogP contribution in [0.2, 0.25) is 0 Å². The zero-order valence-electron chi connectivity index (χ0n) is 16.7. The first-order valence-electron chi connectivity index (χ1n) is 9.65. The van der Waals surface area contributed by atoms with E-state index in [-0.39, 0.29) is 37.3 Å². The van der Waals surface area contributed by atoms with Gasteiger partial charge in [-0.05, 0) is 37.1 Å². The molecule has 1 aromatic carbocycles. The number of ether oxygens (including phenoxy) is 1. The van der Waals surface area contributed by atoms with Gasteiger partial charge >= 0.3 is 0 Å². The molecule has 2 aromatic heterocycles. The topological polar surface area (TPSA) is 87.9 Å². The molecule has 1 saturated carbocycles. The first-order chi connectivity index (χ1) is 14.0. The number of benzene rings is 1. The maximum atomic E-state index is 13.5. The third-order valence-corrected chi connectivity index (χ3v) is 6.70. The molecule has 1 unspecified atom stereocenters. The predicted molar refractivity (Wildman–Crippen MR) is 112 cm³/mol. The van der Waals surface area contributed by atoms with Gasteiger partial charge in [-0.3, -0.25) is 4.79 Å². The average molecular weight is 435 g/mol. The minimum Gasteiger partial charge on any atom is -0.490 e. The maximum Gasteiger partial charge on any atom is 0.274 e. The van der Waals surface area contributed by atoms with E-state index in [1.807, 2.05) is 0 Å². The number of rotatable bonds is 4. The van der Waals surface area contributed by atoms with Gasteiger partial charge in [0.1, 0.15) is 11.3 Å². The van der Waals surface area contributed by atoms with Crippen molar-refractivity contribution >= 4 is 20.6 Å². The molecule has 1 aliphatic carbocycles. The number of halogens is 2. The molecule has 0 saturated heterocycles. The first kappa shape index (κ1) is 20.6. The standard InChI is InChI=1S/C21H23F2N3O3S/c1-26-12-17(15-7-10-25-19(15)20(26)27)16-11-14(30(2,24)28)3-4-18(16)29-13-5-8-21(22,23)9-6-13/h3-4,7,10-13,24-25H,5-6,8-9H2,1-2H3. The molecule has 160 valence electrons. The van der Waals surface area contributed by atoms with Gasteiger partial charge in [-0.1, -0.05) is 0 Å². The summed E-state index contributed by atoms with van der Waals surface area (Å²) in [5.41, 5.74) is 1.49. The van der Waals surface area contributed by atoms with Crippen LogP contribution in [-0.2, 0) is 16.8 Å². The van der Waals surface area contributed by atoms with Crippen LogP contribution >= 0.6 is 0 Å². The molecule has 1 fully saturated rings. The quantitative estimate of drug-likeness (QED) is 0.631. The number of H-pyrrole nitrogens is 1. The van der Waals surface area contributed by atoms with E-state index in [0.717, 1.165) is 0 Å². The molecular formula is C21H23F2N3O3S. The van der Waals surface area contributed by atoms with Gasteiger partial charge in [0.25, 0.3) is 5.56 Å². The van der Waals surface area contributed by atoms with E-state index >= 15 is 0 Å². The second-order valence-electron chi connectivity index (χ2n) is 7.90. The SMILES string of the molecule is Cn1cc(-c2cc(S(C)(=N)=O)ccc2OC2CCC(F)(F)CC2)c2cc[nH]c2c1=O. The van der Waals surface area contributed by atoms with E-state index < -0.39 is 15.7 Å². The second kappa shape index (κ2) is 7.23. The van der Waals surface area contributed by atoms with Crippen molar-refractivity contribution in [2.24, 2.45) is 7.05 Å². The van der Waals surface area contributed by atoms with Crippen LogP contribution in [0.3, 0.4) is 0 Å². The van der Waals surface area contributed by atoms with Crippen molar-refractivity contribution in [3.05, 3.63) is 47.0 Å². The summed E-state index contributed by atoms with van der Waals surface area (Å²) in [4.78, 5) is 15.7. The van der Waals surface area contributed by atoms with Gasteiger partial charge < -0.3 is 14.3 Å². The van der Waals surface area contributed by atoms with E-state index in [1.54, 1.807) is 43.7 Å². The lowest BCUT2D eigenvalue weighted by Crippen LogP contribution is -2.30. The molecule has 3 aromatic rings. The zero-order valence-corrected chi connectivity index (χ0v) is 17.5. The molecule has 1 atom stereocenters. The van der Waals surface area contributed by atoms with Gasteiger partial charge in [-0.25, -0.2) is 17.8 Å². The highest BCUT2D eigenvalue weighted by atomic mass is 32.2. The largest absolute Gasteiger partial charge is 0.490 e. The smallest absolute Gasteiger partial charge is 0.274 e. The Morgan fingerprint density at radius 2 is 1.93 bits per heavy atom. The summed E-state index contributed by atoms with van der Waals surface area (Å²) in [6, 6.07) is 6.61. The van der Waals surface area contributed by atoms with Crippen molar-refractivity contribution in [3.63, 3.8) is 0 Å². The lowest BCUT2D eigenvalue weighted by molar-refractivity contribution is -0.0581. The van der Waals surface area contributed by atoms with Gasteiger partial charge in [0, 0.05) is 59.9 Å². The van der Waals surface area contributed by atoms with Crippen molar-refractivity contribution in [3.8, 4) is 16.9 Å². The third-order valence-electron chi connectivity index (χ3n) is 5.54. The number of aromatic nitrogens is 2. The highest BCUT2D eigenvalue weighted by Gasteiger charge is 2.36. The van der Waals surface area contributed by atoms with Gasteiger partial charge in [0.15, 0.2) is 0 Å². The molecular weight excluding hydrogens is 412 g/mol. The fourth-order valence-electron chi connectivity index (χ4n) is 3.86. The molecule has 0 aliphatic heterocycles. The summed E-state index contributed by atoms with van der Waals surface area (Å²) >= 11 is 0. The van der Waals surface area contributed by atoms with E-state index in [1.165, 1.54) is 10.8 Å². The minimum absolute atomic E-state index is 0.188. The number of nitrogens with one attached hydrogen (secondary N) is 2. The molecule has 1 aliphatic rings. The van der Waals surface area contributed by atoms with Crippen molar-refractivity contribution in [2.45, 2.75) is 42.6 Å². The molecule has 0 spiro atoms. The van der Waals surface area contributed by atoms with Crippen LogP contribution in [0.15, 0.2) is 46.3 Å². The minimum atomic E-state index is -2.99. The number of pyridine rings is 1. The number of aromatic amines is 1. The number of alkyl halides is 2. The van der Waals surface area contributed by atoms with Gasteiger partial charge in [-0.15, -0.1) is 0 Å².